The fourth-order valence-electron chi connectivity index (χ4n) is 0.715. The molecule has 1 rings (SSSR count). The second kappa shape index (κ2) is 2.69. The molecule has 68 valence electrons. The van der Waals surface area contributed by atoms with E-state index in [-0.39, 0.29) is 5.69 Å². The van der Waals surface area contributed by atoms with E-state index in [1.54, 1.807) is 0 Å². The highest BCUT2D eigenvalue weighted by Crippen LogP contribution is 2.29. The third-order valence-corrected chi connectivity index (χ3v) is 1.49. The van der Waals surface area contributed by atoms with E-state index in [1.165, 1.54) is 6.20 Å². The van der Waals surface area contributed by atoms with Crippen LogP contribution in [0.15, 0.2) is 12.4 Å². The molecule has 0 bridgehead atoms. The van der Waals surface area contributed by atoms with Crippen molar-refractivity contribution in [1.82, 2.24) is 9.78 Å². The van der Waals surface area contributed by atoms with Crippen molar-refractivity contribution in [2.75, 3.05) is 5.73 Å². The Balaban J connectivity index is 2.85. The fourth-order valence-corrected chi connectivity index (χ4v) is 0.715. The van der Waals surface area contributed by atoms with E-state index in [0.717, 1.165) is 17.8 Å². The predicted molar refractivity (Wildman–Crippen MR) is 37.4 cm³/mol. The molecule has 0 saturated heterocycles. The number of halogens is 3. The number of aromatic nitrogens is 2. The number of nitrogens with two attached hydrogens (primary N) is 1. The van der Waals surface area contributed by atoms with Gasteiger partial charge in [0.15, 0.2) is 0 Å². The lowest BCUT2D eigenvalue weighted by Gasteiger charge is -2.15. The highest BCUT2D eigenvalue weighted by Gasteiger charge is 2.37. The van der Waals surface area contributed by atoms with E-state index < -0.39 is 12.2 Å². The lowest BCUT2D eigenvalue weighted by atomic mass is 10.3. The Morgan fingerprint density at radius 1 is 1.58 bits per heavy atom. The van der Waals surface area contributed by atoms with Gasteiger partial charge in [0.05, 0.1) is 11.9 Å². The summed E-state index contributed by atoms with van der Waals surface area (Å²) < 4.78 is 36.9. The first kappa shape index (κ1) is 8.89. The molecule has 0 aliphatic heterocycles. The molecule has 0 aliphatic carbocycles. The van der Waals surface area contributed by atoms with Crippen molar-refractivity contribution < 1.29 is 13.2 Å². The third-order valence-electron chi connectivity index (χ3n) is 1.49. The van der Waals surface area contributed by atoms with Crippen molar-refractivity contribution >= 4 is 5.69 Å². The van der Waals surface area contributed by atoms with E-state index in [4.69, 9.17) is 5.73 Å². The number of rotatable bonds is 1. The molecular weight excluding hydrogens is 171 g/mol. The molecule has 2 N–H and O–H groups in total. The van der Waals surface area contributed by atoms with Gasteiger partial charge in [-0.25, -0.2) is 0 Å². The Morgan fingerprint density at radius 3 is 2.50 bits per heavy atom. The average Bonchev–Trinajstić information content (AvgIpc) is 2.32. The molecular formula is C6H8F3N3. The lowest BCUT2D eigenvalue weighted by molar-refractivity contribution is -0.165. The van der Waals surface area contributed by atoms with Gasteiger partial charge in [-0.15, -0.1) is 0 Å². The molecule has 1 unspecified atom stereocenters. The Hall–Kier alpha value is -1.20. The van der Waals surface area contributed by atoms with Gasteiger partial charge < -0.3 is 5.73 Å². The molecule has 12 heavy (non-hydrogen) atoms. The van der Waals surface area contributed by atoms with Gasteiger partial charge in [-0.2, -0.15) is 18.3 Å². The summed E-state index contributed by atoms with van der Waals surface area (Å²) in [5.41, 5.74) is 5.44. The second-order valence-electron chi connectivity index (χ2n) is 2.47. The summed E-state index contributed by atoms with van der Waals surface area (Å²) in [5.74, 6) is 0. The monoisotopic (exact) mass is 179 g/mol. The maximum atomic E-state index is 12.0. The first-order valence-electron chi connectivity index (χ1n) is 3.27. The number of hydrogen-bond acceptors (Lipinski definition) is 2. The standard InChI is InChI=1S/C6H8F3N3/c1-4(6(7,8)9)12-3-5(10)2-11-12/h2-4H,10H2,1H3. The SMILES string of the molecule is CC(n1cc(N)cn1)C(F)(F)F. The quantitative estimate of drug-likeness (QED) is 0.711. The first-order chi connectivity index (χ1) is 5.41. The van der Waals surface area contributed by atoms with Crippen LogP contribution in [0.25, 0.3) is 0 Å². The zero-order valence-corrected chi connectivity index (χ0v) is 6.34. The van der Waals surface area contributed by atoms with Gasteiger partial charge in [0.1, 0.15) is 6.04 Å². The smallest absolute Gasteiger partial charge is 0.396 e. The van der Waals surface area contributed by atoms with Crippen LogP contribution in [0.2, 0.25) is 0 Å². The zero-order chi connectivity index (χ0) is 9.35. The number of alkyl halides is 3. The minimum atomic E-state index is -4.28. The highest BCUT2D eigenvalue weighted by atomic mass is 19.4. The van der Waals surface area contributed by atoms with Crippen LogP contribution in [0.1, 0.15) is 13.0 Å². The second-order valence-corrected chi connectivity index (χ2v) is 2.47. The van der Waals surface area contributed by atoms with Gasteiger partial charge in [-0.3, -0.25) is 4.68 Å². The molecule has 6 heteroatoms. The van der Waals surface area contributed by atoms with Crippen LogP contribution in [0.3, 0.4) is 0 Å². The van der Waals surface area contributed by atoms with Crippen molar-refractivity contribution in [2.45, 2.75) is 19.1 Å². The van der Waals surface area contributed by atoms with Crippen LogP contribution in [-0.4, -0.2) is 16.0 Å². The van der Waals surface area contributed by atoms with Crippen molar-refractivity contribution in [1.29, 1.82) is 0 Å². The molecule has 0 aliphatic rings. The zero-order valence-electron chi connectivity index (χ0n) is 6.34. The van der Waals surface area contributed by atoms with Gasteiger partial charge in [0.2, 0.25) is 0 Å². The lowest BCUT2D eigenvalue weighted by Crippen LogP contribution is -2.23. The molecule has 0 aromatic carbocycles. The molecule has 1 aromatic rings. The number of nitrogen functional groups attached to an aromatic ring is 1. The summed E-state index contributed by atoms with van der Waals surface area (Å²) in [7, 11) is 0. The Morgan fingerprint density at radius 2 is 2.17 bits per heavy atom. The Kier molecular flexibility index (Phi) is 1.99. The van der Waals surface area contributed by atoms with E-state index in [0.29, 0.717) is 0 Å². The Bertz CT molecular complexity index is 265. The maximum absolute atomic E-state index is 12.0. The van der Waals surface area contributed by atoms with Crippen molar-refractivity contribution in [3.05, 3.63) is 12.4 Å². The molecule has 0 radical (unpaired) electrons. The summed E-state index contributed by atoms with van der Waals surface area (Å²) in [5, 5.41) is 3.45. The number of anilines is 1. The minimum Gasteiger partial charge on any atom is -0.396 e. The number of hydrogen-bond donors (Lipinski definition) is 1. The molecule has 0 saturated carbocycles. The van der Waals surface area contributed by atoms with Gasteiger partial charge in [-0.1, -0.05) is 0 Å². The molecule has 1 heterocycles. The molecule has 1 aromatic heterocycles. The van der Waals surface area contributed by atoms with Crippen LogP contribution in [0.4, 0.5) is 18.9 Å². The van der Waals surface area contributed by atoms with Gasteiger partial charge in [-0.05, 0) is 6.92 Å². The summed E-state index contributed by atoms with van der Waals surface area (Å²) in [6, 6.07) is -1.63. The average molecular weight is 179 g/mol. The summed E-state index contributed by atoms with van der Waals surface area (Å²) in [6.45, 7) is 1.02. The fraction of sp³-hybridized carbons (Fsp3) is 0.500. The van der Waals surface area contributed by atoms with Crippen molar-refractivity contribution in [3.63, 3.8) is 0 Å². The van der Waals surface area contributed by atoms with Crippen LogP contribution in [-0.2, 0) is 0 Å². The van der Waals surface area contributed by atoms with Crippen LogP contribution >= 0.6 is 0 Å². The van der Waals surface area contributed by atoms with E-state index >= 15 is 0 Å². The van der Waals surface area contributed by atoms with Crippen molar-refractivity contribution in [2.24, 2.45) is 0 Å². The van der Waals surface area contributed by atoms with E-state index in [9.17, 15) is 13.2 Å². The summed E-state index contributed by atoms with van der Waals surface area (Å²) >= 11 is 0. The topological polar surface area (TPSA) is 43.8 Å². The maximum Gasteiger partial charge on any atom is 0.410 e. The van der Waals surface area contributed by atoms with E-state index in [1.807, 2.05) is 0 Å². The molecule has 3 nitrogen and oxygen atoms in total. The molecule has 0 fully saturated rings. The normalized spacial score (nSPS) is 14.7. The van der Waals surface area contributed by atoms with Crippen molar-refractivity contribution in [3.8, 4) is 0 Å². The number of nitrogens with zero attached hydrogens (tertiary/aromatic N) is 2. The summed E-state index contributed by atoms with van der Waals surface area (Å²) in [6.07, 6.45) is -1.95. The van der Waals surface area contributed by atoms with Crippen LogP contribution < -0.4 is 5.73 Å². The Labute approximate surface area is 67.0 Å². The summed E-state index contributed by atoms with van der Waals surface area (Å²) in [4.78, 5) is 0. The van der Waals surface area contributed by atoms with Crippen LogP contribution in [0.5, 0.6) is 0 Å². The first-order valence-corrected chi connectivity index (χ1v) is 3.27. The molecule has 1 atom stereocenters. The largest absolute Gasteiger partial charge is 0.410 e. The van der Waals surface area contributed by atoms with E-state index in [2.05, 4.69) is 5.10 Å². The molecule has 0 amide bonds. The van der Waals surface area contributed by atoms with Gasteiger partial charge in [0, 0.05) is 6.20 Å². The van der Waals surface area contributed by atoms with Crippen LogP contribution in [0, 0.1) is 0 Å². The third kappa shape index (κ3) is 1.69. The highest BCUT2D eigenvalue weighted by molar-refractivity contribution is 5.30. The minimum absolute atomic E-state index is 0.228. The predicted octanol–water partition coefficient (Wildman–Crippen LogP) is 1.59. The van der Waals surface area contributed by atoms with Gasteiger partial charge >= 0.3 is 6.18 Å². The molecule has 0 spiro atoms. The van der Waals surface area contributed by atoms with Gasteiger partial charge in [0.25, 0.3) is 0 Å².